The summed E-state index contributed by atoms with van der Waals surface area (Å²) in [6.07, 6.45) is 4.15. The van der Waals surface area contributed by atoms with Crippen LogP contribution in [-0.2, 0) is 23.9 Å². The molecule has 1 saturated heterocycles. The van der Waals surface area contributed by atoms with E-state index in [2.05, 4.69) is 16.1 Å². The molecule has 3 amide bonds. The highest BCUT2D eigenvalue weighted by Crippen LogP contribution is 2.27. The van der Waals surface area contributed by atoms with Crippen molar-refractivity contribution in [3.63, 3.8) is 0 Å². The average molecular weight is 564 g/mol. The molecule has 2 aliphatic rings. The van der Waals surface area contributed by atoms with Crippen LogP contribution in [0.3, 0.4) is 0 Å². The Bertz CT molecular complexity index is 1380. The van der Waals surface area contributed by atoms with Crippen LogP contribution < -0.4 is 16.1 Å². The predicted octanol–water partition coefficient (Wildman–Crippen LogP) is 3.34. The van der Waals surface area contributed by atoms with Crippen LogP contribution in [0.4, 0.5) is 0 Å². The number of amides is 3. The molecule has 3 heterocycles. The number of pyridine rings is 1. The van der Waals surface area contributed by atoms with Crippen molar-refractivity contribution >= 4 is 40.7 Å². The van der Waals surface area contributed by atoms with Gasteiger partial charge in [0.1, 0.15) is 24.2 Å². The van der Waals surface area contributed by atoms with Crippen LogP contribution in [0.15, 0.2) is 30.3 Å². The Balaban J connectivity index is 1.73. The summed E-state index contributed by atoms with van der Waals surface area (Å²) < 4.78 is 5.83. The number of aromatic nitrogens is 1. The van der Waals surface area contributed by atoms with Crippen molar-refractivity contribution in [3.05, 3.63) is 47.2 Å². The maximum absolute atomic E-state index is 13.3. The van der Waals surface area contributed by atoms with Crippen molar-refractivity contribution in [2.24, 2.45) is 11.3 Å². The summed E-state index contributed by atoms with van der Waals surface area (Å²) in [5.41, 5.74) is 5.20. The molecule has 4 rings (SSSR count). The number of cyclic esters (lactones) is 1. The number of carbonyl (C=O) groups excluding carboxylic acids is 4. The van der Waals surface area contributed by atoms with Crippen molar-refractivity contribution < 1.29 is 23.9 Å². The molecule has 2 aliphatic heterocycles. The fourth-order valence-electron chi connectivity index (χ4n) is 5.09. The monoisotopic (exact) mass is 563 g/mol. The van der Waals surface area contributed by atoms with Crippen LogP contribution in [0.1, 0.15) is 77.3 Å². The molecule has 1 aromatic heterocycles. The van der Waals surface area contributed by atoms with E-state index in [1.165, 1.54) is 5.01 Å². The first kappa shape index (κ1) is 30.2. The highest BCUT2D eigenvalue weighted by Gasteiger charge is 2.35. The van der Waals surface area contributed by atoms with Gasteiger partial charge in [-0.2, -0.15) is 0 Å². The number of carbonyl (C=O) groups is 4. The minimum absolute atomic E-state index is 0.221. The van der Waals surface area contributed by atoms with E-state index in [4.69, 9.17) is 9.72 Å². The number of aryl methyl sites for hydroxylation is 1. The molecule has 41 heavy (non-hydrogen) atoms. The van der Waals surface area contributed by atoms with Crippen molar-refractivity contribution in [3.8, 4) is 0 Å². The van der Waals surface area contributed by atoms with E-state index in [-0.39, 0.29) is 17.7 Å². The first-order chi connectivity index (χ1) is 19.3. The van der Waals surface area contributed by atoms with Gasteiger partial charge < -0.3 is 15.4 Å². The van der Waals surface area contributed by atoms with E-state index in [1.807, 2.05) is 51.1 Å². The maximum Gasteiger partial charge on any atom is 0.325 e. The molecule has 0 unspecified atom stereocenters. The molecular formula is C31H41N5O5. The quantitative estimate of drug-likeness (QED) is 0.454. The van der Waals surface area contributed by atoms with Gasteiger partial charge in [-0.15, -0.1) is 0 Å². The number of hydrogen-bond donors (Lipinski definition) is 3. The van der Waals surface area contributed by atoms with E-state index in [1.54, 1.807) is 33.8 Å². The number of esters is 1. The number of benzene rings is 1. The Kier molecular flexibility index (Phi) is 8.82. The Morgan fingerprint density at radius 1 is 1.07 bits per heavy atom. The van der Waals surface area contributed by atoms with Gasteiger partial charge in [-0.05, 0) is 76.6 Å². The highest BCUT2D eigenvalue weighted by atomic mass is 16.5. The zero-order valence-electron chi connectivity index (χ0n) is 24.9. The number of rotatable bonds is 1. The van der Waals surface area contributed by atoms with Crippen LogP contribution in [-0.4, -0.2) is 58.4 Å². The average Bonchev–Trinajstić information content (AvgIpc) is 2.93. The minimum Gasteiger partial charge on any atom is -0.455 e. The maximum atomic E-state index is 13.3. The Morgan fingerprint density at radius 2 is 1.80 bits per heavy atom. The minimum atomic E-state index is -0.927. The lowest BCUT2D eigenvalue weighted by molar-refractivity contribution is -0.157. The first-order valence-corrected chi connectivity index (χ1v) is 14.3. The third kappa shape index (κ3) is 6.75. The molecule has 0 aliphatic carbocycles. The number of nitrogens with one attached hydrogen (secondary N) is 3. The van der Waals surface area contributed by atoms with E-state index in [9.17, 15) is 19.2 Å². The number of hydrazine groups is 1. The lowest BCUT2D eigenvalue weighted by Gasteiger charge is -2.35. The smallest absolute Gasteiger partial charge is 0.325 e. The van der Waals surface area contributed by atoms with Gasteiger partial charge in [-0.3, -0.25) is 24.2 Å². The summed E-state index contributed by atoms with van der Waals surface area (Å²) >= 11 is 0. The summed E-state index contributed by atoms with van der Waals surface area (Å²) in [5.74, 6) is -1.84. The summed E-state index contributed by atoms with van der Waals surface area (Å²) in [4.78, 5) is 57.8. The summed E-state index contributed by atoms with van der Waals surface area (Å²) in [6, 6.07) is 5.43. The third-order valence-corrected chi connectivity index (χ3v) is 7.73. The lowest BCUT2D eigenvalue weighted by atomic mass is 9.89. The highest BCUT2D eigenvalue weighted by molar-refractivity contribution is 5.94. The number of hydrogen-bond acceptors (Lipinski definition) is 7. The molecular weight excluding hydrogens is 522 g/mol. The molecule has 10 heteroatoms. The zero-order valence-corrected chi connectivity index (χ0v) is 24.9. The first-order valence-electron chi connectivity index (χ1n) is 14.3. The number of nitrogens with zero attached hydrogens (tertiary/aromatic N) is 2. The van der Waals surface area contributed by atoms with E-state index >= 15 is 0 Å². The van der Waals surface area contributed by atoms with Crippen molar-refractivity contribution in [2.75, 3.05) is 6.54 Å². The fourth-order valence-corrected chi connectivity index (χ4v) is 5.09. The normalized spacial score (nSPS) is 26.1. The van der Waals surface area contributed by atoms with Gasteiger partial charge in [0.2, 0.25) is 11.8 Å². The van der Waals surface area contributed by atoms with Gasteiger partial charge in [-0.25, -0.2) is 10.4 Å². The van der Waals surface area contributed by atoms with E-state index < -0.39 is 41.5 Å². The zero-order chi connectivity index (χ0) is 30.1. The molecule has 10 nitrogen and oxygen atoms in total. The molecule has 3 N–H and O–H groups in total. The van der Waals surface area contributed by atoms with Crippen LogP contribution in [0.5, 0.6) is 0 Å². The van der Waals surface area contributed by atoms with Crippen molar-refractivity contribution in [1.82, 2.24) is 26.1 Å². The molecule has 2 aromatic rings. The second-order valence-electron chi connectivity index (χ2n) is 12.0. The standard InChI is InChI=1S/C31H41N5O5/c1-17(2)25-27(37)32-19(4)28(38)36-14-8-9-23(35-36)29(39)41-20(5)26-18(3)15-22-11-10-21(16-24(22)33-26)12-13-31(6,7)30(40)34-25/h10-13,15-17,19-20,23,25,35H,8-9,14H2,1-7H3,(H,32,37)(H,34,40)/t19-,20+,23-,25-/m0/s1. The van der Waals surface area contributed by atoms with Gasteiger partial charge in [0.05, 0.1) is 16.6 Å². The lowest BCUT2D eigenvalue weighted by Crippen LogP contribution is -2.61. The van der Waals surface area contributed by atoms with Crippen LogP contribution in [0, 0.1) is 18.3 Å². The molecule has 0 radical (unpaired) electrons. The van der Waals surface area contributed by atoms with E-state index in [0.717, 1.165) is 22.0 Å². The third-order valence-electron chi connectivity index (χ3n) is 7.73. The topological polar surface area (TPSA) is 130 Å². The summed E-state index contributed by atoms with van der Waals surface area (Å²) in [6.45, 7) is 12.9. The van der Waals surface area contributed by atoms with Gasteiger partial charge in [0.15, 0.2) is 0 Å². The molecule has 0 spiro atoms. The van der Waals surface area contributed by atoms with Crippen molar-refractivity contribution in [1.29, 1.82) is 0 Å². The van der Waals surface area contributed by atoms with Gasteiger partial charge >= 0.3 is 5.97 Å². The Labute approximate surface area is 241 Å². The molecule has 1 fully saturated rings. The molecule has 0 saturated carbocycles. The van der Waals surface area contributed by atoms with Gasteiger partial charge in [-0.1, -0.05) is 38.1 Å². The largest absolute Gasteiger partial charge is 0.455 e. The number of fused-ring (bicyclic) bond motifs is 4. The molecule has 1 aromatic carbocycles. The molecule has 4 atom stereocenters. The van der Waals surface area contributed by atoms with Crippen LogP contribution in [0.25, 0.3) is 17.0 Å². The molecule has 5 bridgehead atoms. The summed E-state index contributed by atoms with van der Waals surface area (Å²) in [5, 5.41) is 7.94. The van der Waals surface area contributed by atoms with Crippen molar-refractivity contribution in [2.45, 2.75) is 85.5 Å². The Morgan fingerprint density at radius 3 is 2.51 bits per heavy atom. The second kappa shape index (κ2) is 12.0. The van der Waals surface area contributed by atoms with Crippen LogP contribution >= 0.6 is 0 Å². The fraction of sp³-hybridized carbons (Fsp3) is 0.516. The van der Waals surface area contributed by atoms with Crippen LogP contribution in [0.2, 0.25) is 0 Å². The summed E-state index contributed by atoms with van der Waals surface area (Å²) in [7, 11) is 0. The second-order valence-corrected chi connectivity index (χ2v) is 12.0. The Hall–Kier alpha value is -3.79. The SMILES string of the molecule is Cc1cc2ccc3cc2nc1[C@@H](C)OC(=O)[C@@H]1CCCN(N1)C(=O)[C@H](C)NC(=O)[C@H](C(C)C)NC(=O)C(C)(C)C=C3. The van der Waals surface area contributed by atoms with Gasteiger partial charge in [0, 0.05) is 11.9 Å². The van der Waals surface area contributed by atoms with E-state index in [0.29, 0.717) is 25.1 Å². The van der Waals surface area contributed by atoms with Gasteiger partial charge in [0.25, 0.3) is 5.91 Å². The number of ether oxygens (including phenoxy) is 1. The molecule has 220 valence electrons. The predicted molar refractivity (Wildman–Crippen MR) is 156 cm³/mol.